The van der Waals surface area contributed by atoms with E-state index in [-0.39, 0.29) is 23.5 Å². The highest BCUT2D eigenvalue weighted by molar-refractivity contribution is 6.66. The number of fused-ring (bicyclic) bond motifs is 3. The van der Waals surface area contributed by atoms with Gasteiger partial charge in [-0.3, -0.25) is 4.90 Å². The Morgan fingerprint density at radius 3 is 2.33 bits per heavy atom. The van der Waals surface area contributed by atoms with Crippen molar-refractivity contribution < 1.29 is 14.6 Å². The van der Waals surface area contributed by atoms with Crippen molar-refractivity contribution in [3.8, 4) is 11.5 Å². The van der Waals surface area contributed by atoms with E-state index in [1.807, 2.05) is 12.1 Å². The molecule has 1 N–H and O–H groups in total. The zero-order chi connectivity index (χ0) is 22.5. The van der Waals surface area contributed by atoms with Gasteiger partial charge in [0.15, 0.2) is 11.5 Å². The molecule has 1 aromatic carbocycles. The molecule has 0 spiro atoms. The van der Waals surface area contributed by atoms with Crippen molar-refractivity contribution in [1.29, 1.82) is 0 Å². The van der Waals surface area contributed by atoms with Crippen LogP contribution >= 0.6 is 0 Å². The molecule has 2 aliphatic rings. The Labute approximate surface area is 187 Å². The molecule has 2 aliphatic heterocycles. The van der Waals surface area contributed by atoms with Gasteiger partial charge in [0.25, 0.3) is 0 Å². The molecule has 0 saturated carbocycles. The van der Waals surface area contributed by atoms with Gasteiger partial charge in [-0.25, -0.2) is 0 Å². The molecule has 1 aromatic rings. The summed E-state index contributed by atoms with van der Waals surface area (Å²) in [6, 6.07) is 3.92. The van der Waals surface area contributed by atoms with Gasteiger partial charge in [-0.2, -0.15) is 0 Å². The van der Waals surface area contributed by atoms with E-state index in [1.165, 1.54) is 0 Å². The van der Waals surface area contributed by atoms with Crippen molar-refractivity contribution in [1.82, 2.24) is 4.90 Å². The first-order valence-electron chi connectivity index (χ1n) is 10.5. The number of methoxy groups -OCH3 is 1. The lowest BCUT2D eigenvalue weighted by Gasteiger charge is -2.47. The van der Waals surface area contributed by atoms with Gasteiger partial charge in [0.2, 0.25) is 0 Å². The number of aliphatic hydroxyl groups is 1. The third-order valence-electron chi connectivity index (χ3n) is 6.20. The fourth-order valence-corrected chi connectivity index (χ4v) is 4.60. The topological polar surface area (TPSA) is 41.9 Å². The summed E-state index contributed by atoms with van der Waals surface area (Å²) in [6.45, 7) is 8.45. The molecule has 3 atom stereocenters. The zero-order valence-electron chi connectivity index (χ0n) is 18.5. The van der Waals surface area contributed by atoms with Crippen molar-refractivity contribution >= 4 is 39.2 Å². The maximum atomic E-state index is 10.9. The van der Waals surface area contributed by atoms with Crippen LogP contribution in [0.15, 0.2) is 12.1 Å². The maximum absolute atomic E-state index is 10.9. The molecule has 10 radical (unpaired) electrons. The van der Waals surface area contributed by atoms with Crippen LogP contribution in [0, 0.1) is 11.3 Å². The summed E-state index contributed by atoms with van der Waals surface area (Å²) in [5, 5.41) is 6.93. The number of rotatable bonds is 5. The van der Waals surface area contributed by atoms with Crippen LogP contribution in [0.4, 0.5) is 0 Å². The molecule has 150 valence electrons. The van der Waals surface area contributed by atoms with Crippen molar-refractivity contribution in [2.75, 3.05) is 20.2 Å². The van der Waals surface area contributed by atoms with E-state index >= 15 is 0 Å². The molecule has 0 bridgehead atoms. The van der Waals surface area contributed by atoms with Crippen LogP contribution in [-0.2, 0) is 6.42 Å². The van der Waals surface area contributed by atoms with Gasteiger partial charge in [0, 0.05) is 24.5 Å². The predicted octanol–water partition coefficient (Wildman–Crippen LogP) is 1.36. The number of hydrogen-bond donors (Lipinski definition) is 1. The first-order valence-corrected chi connectivity index (χ1v) is 10.5. The molecule has 0 aliphatic carbocycles. The fourth-order valence-electron chi connectivity index (χ4n) is 4.60. The van der Waals surface area contributed by atoms with Gasteiger partial charge in [-0.05, 0) is 53.9 Å². The summed E-state index contributed by atoms with van der Waals surface area (Å²) in [7, 11) is 30.3. The van der Waals surface area contributed by atoms with Gasteiger partial charge in [-0.15, -0.1) is 5.11 Å². The normalized spacial score (nSPS) is 25.3. The third kappa shape index (κ3) is 4.93. The summed E-state index contributed by atoms with van der Waals surface area (Å²) in [5.74, 6) is 1.07. The maximum Gasteiger partial charge on any atom is 0.161 e. The molecule has 1 saturated heterocycles. The average molecular weight is 397 g/mol. The van der Waals surface area contributed by atoms with Crippen molar-refractivity contribution in [3.05, 3.63) is 23.3 Å². The van der Waals surface area contributed by atoms with Crippen LogP contribution in [0.5, 0.6) is 11.5 Å². The van der Waals surface area contributed by atoms with E-state index in [2.05, 4.69) is 25.7 Å². The van der Waals surface area contributed by atoms with Gasteiger partial charge >= 0.3 is 0 Å². The first kappa shape index (κ1) is 23.7. The Morgan fingerprint density at radius 2 is 1.77 bits per heavy atom. The Hall–Kier alpha value is -0.935. The Kier molecular flexibility index (Phi) is 6.49. The molecule has 0 amide bonds. The van der Waals surface area contributed by atoms with Crippen LogP contribution in [0.1, 0.15) is 50.8 Å². The van der Waals surface area contributed by atoms with E-state index in [9.17, 15) is 5.11 Å². The molecule has 9 heteroatoms. The fraction of sp³-hybridized carbons (Fsp3) is 0.714. The number of hydrogen-bond acceptors (Lipinski definition) is 4. The lowest BCUT2D eigenvalue weighted by Crippen LogP contribution is -2.51. The number of ether oxygens (including phenoxy) is 2. The second-order valence-electron chi connectivity index (χ2n) is 10.1. The first-order chi connectivity index (χ1) is 13.7. The molecular formula is C21H28B5NO3. The van der Waals surface area contributed by atoms with Crippen LogP contribution in [0.2, 0.25) is 5.11 Å². The lowest BCUT2D eigenvalue weighted by molar-refractivity contribution is -0.0259. The van der Waals surface area contributed by atoms with Gasteiger partial charge in [-0.1, -0.05) is 20.8 Å². The van der Waals surface area contributed by atoms with Crippen LogP contribution in [0.25, 0.3) is 0 Å². The Bertz CT molecular complexity index is 775. The highest BCUT2D eigenvalue weighted by Gasteiger charge is 2.40. The van der Waals surface area contributed by atoms with Crippen molar-refractivity contribution in [2.24, 2.45) is 11.3 Å². The van der Waals surface area contributed by atoms with Crippen molar-refractivity contribution in [3.63, 3.8) is 0 Å². The monoisotopic (exact) mass is 397 g/mol. The minimum atomic E-state index is -1.99. The van der Waals surface area contributed by atoms with Gasteiger partial charge in [0.1, 0.15) is 15.7 Å². The second kappa shape index (κ2) is 8.20. The van der Waals surface area contributed by atoms with Crippen LogP contribution in [0.3, 0.4) is 0 Å². The molecule has 3 rings (SSSR count). The van der Waals surface area contributed by atoms with Crippen LogP contribution < -0.4 is 9.47 Å². The highest BCUT2D eigenvalue weighted by atomic mass is 16.5. The van der Waals surface area contributed by atoms with Gasteiger partial charge < -0.3 is 14.6 Å². The molecule has 0 unspecified atom stereocenters. The SMILES string of the molecule is [B]C([B])([B])C([B])([B])Oc1cc2c(cc1OC)[C@H]1C[C@@H](O)[C@H](CC(C)(C)C)CN1CC2. The molecule has 1 fully saturated rings. The molecule has 2 heterocycles. The minimum Gasteiger partial charge on any atom is -0.505 e. The number of nitrogens with zero attached hydrogens (tertiary/aromatic N) is 1. The smallest absolute Gasteiger partial charge is 0.161 e. The Balaban J connectivity index is 1.88. The summed E-state index contributed by atoms with van der Waals surface area (Å²) >= 11 is 0. The Morgan fingerprint density at radius 1 is 1.10 bits per heavy atom. The average Bonchev–Trinajstić information content (AvgIpc) is 2.59. The summed E-state index contributed by atoms with van der Waals surface area (Å²) in [4.78, 5) is 2.46. The lowest BCUT2D eigenvalue weighted by atomic mass is 9.28. The summed E-state index contributed by atoms with van der Waals surface area (Å²) in [6.07, 6.45) is 2.18. The van der Waals surface area contributed by atoms with Gasteiger partial charge in [0.05, 0.1) is 36.8 Å². The number of piperidine rings is 1. The summed E-state index contributed by atoms with van der Waals surface area (Å²) < 4.78 is 11.2. The number of benzene rings is 1. The van der Waals surface area contributed by atoms with E-state index in [0.717, 1.165) is 37.1 Å². The van der Waals surface area contributed by atoms with Crippen molar-refractivity contribution in [2.45, 2.75) is 62.7 Å². The number of aliphatic hydroxyl groups excluding tert-OH is 1. The predicted molar refractivity (Wildman–Crippen MR) is 124 cm³/mol. The minimum absolute atomic E-state index is 0.126. The third-order valence-corrected chi connectivity index (χ3v) is 6.20. The molecule has 0 aromatic heterocycles. The highest BCUT2D eigenvalue weighted by Crippen LogP contribution is 2.45. The second-order valence-corrected chi connectivity index (χ2v) is 10.1. The molecule has 4 nitrogen and oxygen atoms in total. The van der Waals surface area contributed by atoms with Crippen LogP contribution in [-0.4, -0.2) is 80.9 Å². The molecule has 30 heavy (non-hydrogen) atoms. The largest absolute Gasteiger partial charge is 0.505 e. The zero-order valence-corrected chi connectivity index (χ0v) is 18.5. The molecular weight excluding hydrogens is 368 g/mol. The van der Waals surface area contributed by atoms with E-state index in [1.54, 1.807) is 7.11 Å². The van der Waals surface area contributed by atoms with E-state index < -0.39 is 10.5 Å². The van der Waals surface area contributed by atoms with E-state index in [4.69, 9.17) is 48.7 Å². The standard InChI is InChI=1S/C21H28B5NO3/c1-19(2,3)10-13-11-27-6-5-12-7-18(30-21(25,26)20(22,23)24)17(29-4)8-14(12)15(27)9-16(13)28/h7-8,13,15-16,28H,5-6,9-11H2,1-4H3/t13-,15-,16-/m1/s1. The summed E-state index contributed by atoms with van der Waals surface area (Å²) in [5.41, 5.74) is 2.40. The van der Waals surface area contributed by atoms with E-state index in [0.29, 0.717) is 17.9 Å². The quantitative estimate of drug-likeness (QED) is 0.764.